The lowest BCUT2D eigenvalue weighted by Crippen LogP contribution is -2.45. The molecule has 0 saturated heterocycles. The quantitative estimate of drug-likeness (QED) is 0.0320. The third-order valence-electron chi connectivity index (χ3n) is 18.6. The first-order valence-electron chi connectivity index (χ1n) is 39.9. The average molecular weight is 1240 g/mol. The minimum atomic E-state index is -0.665. The molecule has 0 aliphatic heterocycles. The van der Waals surface area contributed by atoms with Gasteiger partial charge in [-0.1, -0.05) is 383 Å². The topological polar surface area (TPSA) is 95.9 Å². The molecule has 6 nitrogen and oxygen atoms in total. The van der Waals surface area contributed by atoms with Crippen molar-refractivity contribution in [1.29, 1.82) is 0 Å². The highest BCUT2D eigenvalue weighted by Gasteiger charge is 2.20. The van der Waals surface area contributed by atoms with Crippen molar-refractivity contribution < 1.29 is 24.5 Å². The summed E-state index contributed by atoms with van der Waals surface area (Å²) in [5.41, 5.74) is 0. The summed E-state index contributed by atoms with van der Waals surface area (Å²) in [5, 5.41) is 23.5. The Balaban J connectivity index is 3.38. The maximum absolute atomic E-state index is 12.6. The van der Waals surface area contributed by atoms with E-state index in [1.807, 2.05) is 0 Å². The number of unbranched alkanes of at least 4 members (excludes halogenated alkanes) is 56. The summed E-state index contributed by atoms with van der Waals surface area (Å²) in [6, 6.07) is -0.542. The second kappa shape index (κ2) is 77.3. The van der Waals surface area contributed by atoms with Gasteiger partial charge in [0, 0.05) is 12.8 Å². The smallest absolute Gasteiger partial charge is 0.305 e. The Bertz CT molecular complexity index is 1470. The van der Waals surface area contributed by atoms with Crippen LogP contribution in [0, 0.1) is 0 Å². The van der Waals surface area contributed by atoms with Crippen molar-refractivity contribution in [1.82, 2.24) is 5.32 Å². The Morgan fingerprint density at radius 1 is 0.318 bits per heavy atom. The summed E-state index contributed by atoms with van der Waals surface area (Å²) in [4.78, 5) is 24.7. The van der Waals surface area contributed by atoms with E-state index >= 15 is 0 Å². The third-order valence-corrected chi connectivity index (χ3v) is 18.6. The fourth-order valence-electron chi connectivity index (χ4n) is 12.5. The minimum absolute atomic E-state index is 0.00691. The van der Waals surface area contributed by atoms with Crippen LogP contribution in [0.25, 0.3) is 0 Å². The van der Waals surface area contributed by atoms with Gasteiger partial charge in [-0.2, -0.15) is 0 Å². The van der Waals surface area contributed by atoms with Crippen molar-refractivity contribution in [3.05, 3.63) is 48.6 Å². The Labute approximate surface area is 550 Å². The highest BCUT2D eigenvalue weighted by atomic mass is 16.5. The number of hydrogen-bond donors (Lipinski definition) is 3. The lowest BCUT2D eigenvalue weighted by atomic mass is 10.0. The van der Waals surface area contributed by atoms with E-state index in [-0.39, 0.29) is 18.5 Å². The molecule has 2 unspecified atom stereocenters. The Hall–Kier alpha value is -2.18. The molecule has 88 heavy (non-hydrogen) atoms. The van der Waals surface area contributed by atoms with Gasteiger partial charge in [0.15, 0.2) is 0 Å². The van der Waals surface area contributed by atoms with Gasteiger partial charge in [0.25, 0.3) is 0 Å². The number of nitrogens with one attached hydrogen (secondary N) is 1. The molecule has 518 valence electrons. The van der Waals surface area contributed by atoms with E-state index < -0.39 is 12.1 Å². The number of esters is 1. The van der Waals surface area contributed by atoms with E-state index in [4.69, 9.17) is 4.74 Å². The molecule has 6 heteroatoms. The zero-order valence-electron chi connectivity index (χ0n) is 59.5. The van der Waals surface area contributed by atoms with Crippen LogP contribution >= 0.6 is 0 Å². The van der Waals surface area contributed by atoms with Crippen molar-refractivity contribution in [2.45, 2.75) is 450 Å². The largest absolute Gasteiger partial charge is 0.466 e. The van der Waals surface area contributed by atoms with Gasteiger partial charge in [-0.05, 0) is 89.9 Å². The standard InChI is InChI=1S/C82H155NO5/c1-3-5-7-9-11-13-15-17-19-21-22-36-39-43-46-50-54-58-62-66-70-74-80(85)79(78-84)83-81(86)75-71-67-63-59-55-51-47-44-40-37-34-32-30-28-26-24-23-25-27-29-31-33-35-38-41-45-49-53-57-61-65-69-73-77-88-82(87)76-72-68-64-60-56-52-48-42-20-18-16-14-12-10-8-6-4-2/h12,14,18,20,27,29,33,35,79-80,84-85H,3-11,13,15-17,19,21-26,28,30-32,34,36-78H2,1-2H3,(H,83,86)/b14-12-,20-18-,29-27-,35-33-. The van der Waals surface area contributed by atoms with E-state index in [0.29, 0.717) is 25.9 Å². The van der Waals surface area contributed by atoms with Gasteiger partial charge in [0.2, 0.25) is 5.91 Å². The molecule has 0 rings (SSSR count). The van der Waals surface area contributed by atoms with Crippen LogP contribution in [-0.4, -0.2) is 47.4 Å². The number of rotatable bonds is 75. The summed E-state index contributed by atoms with van der Waals surface area (Å²) in [5.74, 6) is -0.0216. The molecule has 0 radical (unpaired) electrons. The van der Waals surface area contributed by atoms with Crippen LogP contribution in [0.1, 0.15) is 438 Å². The van der Waals surface area contributed by atoms with Crippen LogP contribution in [0.5, 0.6) is 0 Å². The molecule has 0 saturated carbocycles. The molecule has 0 aromatic rings. The molecule has 0 aliphatic rings. The number of ether oxygens (including phenoxy) is 1. The van der Waals surface area contributed by atoms with E-state index in [2.05, 4.69) is 67.8 Å². The van der Waals surface area contributed by atoms with E-state index in [1.54, 1.807) is 0 Å². The number of allylic oxidation sites excluding steroid dienone is 8. The van der Waals surface area contributed by atoms with Crippen LogP contribution in [0.2, 0.25) is 0 Å². The molecule has 0 heterocycles. The molecular weight excluding hydrogens is 1080 g/mol. The number of aliphatic hydroxyl groups excluding tert-OH is 2. The number of amides is 1. The summed E-state index contributed by atoms with van der Waals surface area (Å²) in [6.45, 7) is 4.96. The van der Waals surface area contributed by atoms with E-state index in [9.17, 15) is 19.8 Å². The fraction of sp³-hybridized carbons (Fsp3) is 0.878. The monoisotopic (exact) mass is 1230 g/mol. The fourth-order valence-corrected chi connectivity index (χ4v) is 12.5. The van der Waals surface area contributed by atoms with Gasteiger partial charge >= 0.3 is 5.97 Å². The lowest BCUT2D eigenvalue weighted by Gasteiger charge is -2.22. The van der Waals surface area contributed by atoms with Gasteiger partial charge in [-0.15, -0.1) is 0 Å². The molecule has 2 atom stereocenters. The summed E-state index contributed by atoms with van der Waals surface area (Å²) in [7, 11) is 0. The predicted molar refractivity (Wildman–Crippen MR) is 389 cm³/mol. The van der Waals surface area contributed by atoms with Crippen molar-refractivity contribution in [2.75, 3.05) is 13.2 Å². The summed E-state index contributed by atoms with van der Waals surface area (Å²) in [6.07, 6.45) is 102. The minimum Gasteiger partial charge on any atom is -0.466 e. The van der Waals surface area contributed by atoms with Crippen LogP contribution in [-0.2, 0) is 14.3 Å². The highest BCUT2D eigenvalue weighted by Crippen LogP contribution is 2.20. The maximum Gasteiger partial charge on any atom is 0.305 e. The van der Waals surface area contributed by atoms with E-state index in [0.717, 1.165) is 57.8 Å². The zero-order chi connectivity index (χ0) is 63.5. The third kappa shape index (κ3) is 72.9. The Morgan fingerprint density at radius 3 is 0.886 bits per heavy atom. The number of aliphatic hydroxyl groups is 2. The molecule has 0 fully saturated rings. The first-order chi connectivity index (χ1) is 43.5. The van der Waals surface area contributed by atoms with Gasteiger partial charge in [0.1, 0.15) is 0 Å². The van der Waals surface area contributed by atoms with Crippen molar-refractivity contribution in [2.24, 2.45) is 0 Å². The van der Waals surface area contributed by atoms with Gasteiger partial charge < -0.3 is 20.3 Å². The number of hydrogen-bond acceptors (Lipinski definition) is 5. The predicted octanol–water partition coefficient (Wildman–Crippen LogP) is 26.4. The molecule has 1 amide bonds. The van der Waals surface area contributed by atoms with Crippen LogP contribution < -0.4 is 5.32 Å². The lowest BCUT2D eigenvalue weighted by molar-refractivity contribution is -0.143. The summed E-state index contributed by atoms with van der Waals surface area (Å²) >= 11 is 0. The van der Waals surface area contributed by atoms with Gasteiger partial charge in [0.05, 0.1) is 25.4 Å². The Kier molecular flexibility index (Phi) is 75.4. The van der Waals surface area contributed by atoms with Crippen molar-refractivity contribution in [3.63, 3.8) is 0 Å². The second-order valence-electron chi connectivity index (χ2n) is 27.4. The normalized spacial score (nSPS) is 12.7. The highest BCUT2D eigenvalue weighted by molar-refractivity contribution is 5.76. The number of carbonyl (C=O) groups excluding carboxylic acids is 2. The SMILES string of the molecule is CCCCC/C=C\C/C=C\CCCCCCCCCC(=O)OCCCCCCCCCCC/C=C\C/C=C\CCCCCCCCCCCCCCCCCCCC(=O)NC(CO)C(O)CCCCCCCCCCCCCCCCCCCCCCC. The second-order valence-corrected chi connectivity index (χ2v) is 27.4. The van der Waals surface area contributed by atoms with Crippen LogP contribution in [0.3, 0.4) is 0 Å². The zero-order valence-corrected chi connectivity index (χ0v) is 59.5. The van der Waals surface area contributed by atoms with Gasteiger partial charge in [-0.3, -0.25) is 9.59 Å². The van der Waals surface area contributed by atoms with Crippen LogP contribution in [0.4, 0.5) is 0 Å². The maximum atomic E-state index is 12.6. The summed E-state index contributed by atoms with van der Waals surface area (Å²) < 4.78 is 5.50. The van der Waals surface area contributed by atoms with Gasteiger partial charge in [-0.25, -0.2) is 0 Å². The molecule has 3 N–H and O–H groups in total. The molecular formula is C82H155NO5. The van der Waals surface area contributed by atoms with Crippen LogP contribution in [0.15, 0.2) is 48.6 Å². The van der Waals surface area contributed by atoms with Crippen molar-refractivity contribution >= 4 is 11.9 Å². The first kappa shape index (κ1) is 85.8. The molecule has 0 bridgehead atoms. The van der Waals surface area contributed by atoms with Crippen molar-refractivity contribution in [3.8, 4) is 0 Å². The molecule has 0 aromatic heterocycles. The first-order valence-corrected chi connectivity index (χ1v) is 39.9. The molecule has 0 aromatic carbocycles. The molecule has 0 aliphatic carbocycles. The average Bonchev–Trinajstić information content (AvgIpc) is 3.58. The Morgan fingerprint density at radius 2 is 0.568 bits per heavy atom. The molecule has 0 spiro atoms. The number of carbonyl (C=O) groups is 2. The van der Waals surface area contributed by atoms with E-state index in [1.165, 1.54) is 347 Å².